The van der Waals surface area contributed by atoms with Gasteiger partial charge >= 0.3 is 0 Å². The van der Waals surface area contributed by atoms with Gasteiger partial charge in [0.05, 0.1) is 4.90 Å². The number of rotatable bonds is 5. The van der Waals surface area contributed by atoms with Crippen molar-refractivity contribution in [2.75, 3.05) is 0 Å². The second-order valence-corrected chi connectivity index (χ2v) is 7.41. The molecule has 0 N–H and O–H groups in total. The van der Waals surface area contributed by atoms with Crippen molar-refractivity contribution in [2.24, 2.45) is 0 Å². The molecule has 1 aromatic heterocycles. The monoisotopic (exact) mass is 339 g/mol. The minimum Gasteiger partial charge on any atom is -0.292 e. The number of hydrogen-bond acceptors (Lipinski definition) is 3. The number of carbonyl (C=O) groups excluding carboxylic acids is 1. The fourth-order valence-electron chi connectivity index (χ4n) is 2.49. The molecule has 0 saturated heterocycles. The van der Waals surface area contributed by atoms with E-state index in [0.29, 0.717) is 0 Å². The Kier molecular flexibility index (Phi) is 4.36. The molecule has 0 radical (unpaired) electrons. The molecule has 0 spiro atoms. The molecule has 4 nitrogen and oxygen atoms in total. The van der Waals surface area contributed by atoms with Crippen LogP contribution in [0.2, 0.25) is 0 Å². The van der Waals surface area contributed by atoms with Gasteiger partial charge in [-0.25, -0.2) is 12.4 Å². The summed E-state index contributed by atoms with van der Waals surface area (Å²) in [6, 6.07) is 19.0. The van der Waals surface area contributed by atoms with E-state index in [-0.39, 0.29) is 22.8 Å². The fourth-order valence-corrected chi connectivity index (χ4v) is 3.85. The molecule has 3 rings (SSSR count). The van der Waals surface area contributed by atoms with E-state index >= 15 is 0 Å². The summed E-state index contributed by atoms with van der Waals surface area (Å²) in [6.07, 6.45) is 1.57. The number of carbonyl (C=O) groups is 1. The summed E-state index contributed by atoms with van der Waals surface area (Å²) in [5.41, 5.74) is 1.99. The summed E-state index contributed by atoms with van der Waals surface area (Å²) in [4.78, 5) is 12.7. The predicted molar refractivity (Wildman–Crippen MR) is 92.7 cm³/mol. The second kappa shape index (κ2) is 6.45. The lowest BCUT2D eigenvalue weighted by Gasteiger charge is -2.10. The number of ketones is 1. The summed E-state index contributed by atoms with van der Waals surface area (Å²) in [5.74, 6) is -0.234. The van der Waals surface area contributed by atoms with Gasteiger partial charge in [-0.2, -0.15) is 0 Å². The first kappa shape index (κ1) is 16.2. The normalized spacial score (nSPS) is 11.4. The molecular formula is C19H17NO3S. The zero-order valence-electron chi connectivity index (χ0n) is 13.2. The minimum atomic E-state index is -3.78. The third-order valence-corrected chi connectivity index (χ3v) is 5.49. The lowest BCUT2D eigenvalue weighted by Crippen LogP contribution is -2.18. The molecule has 0 aliphatic rings. The van der Waals surface area contributed by atoms with Crippen LogP contribution in [0.25, 0.3) is 0 Å². The average Bonchev–Trinajstić information content (AvgIpc) is 3.07. The van der Waals surface area contributed by atoms with Crippen molar-refractivity contribution in [3.05, 3.63) is 89.7 Å². The molecule has 0 unspecified atom stereocenters. The molecule has 3 aromatic rings. The first-order valence-electron chi connectivity index (χ1n) is 7.55. The van der Waals surface area contributed by atoms with E-state index in [1.54, 1.807) is 30.3 Å². The zero-order valence-corrected chi connectivity index (χ0v) is 14.0. The molecular weight excluding hydrogens is 322 g/mol. The summed E-state index contributed by atoms with van der Waals surface area (Å²) >= 11 is 0. The molecule has 0 amide bonds. The fraction of sp³-hybridized carbons (Fsp3) is 0.105. The third-order valence-electron chi connectivity index (χ3n) is 3.78. The van der Waals surface area contributed by atoms with E-state index in [1.807, 2.05) is 37.3 Å². The lowest BCUT2D eigenvalue weighted by molar-refractivity contribution is 0.0987. The van der Waals surface area contributed by atoms with Gasteiger partial charge in [-0.05, 0) is 36.8 Å². The average molecular weight is 339 g/mol. The van der Waals surface area contributed by atoms with E-state index < -0.39 is 10.0 Å². The Balaban J connectivity index is 1.95. The number of nitrogens with zero attached hydrogens (tertiary/aromatic N) is 1. The Morgan fingerprint density at radius 3 is 2.25 bits per heavy atom. The van der Waals surface area contributed by atoms with Crippen LogP contribution in [-0.2, 0) is 16.4 Å². The molecule has 0 fully saturated rings. The molecule has 0 aliphatic carbocycles. The Morgan fingerprint density at radius 2 is 1.58 bits per heavy atom. The van der Waals surface area contributed by atoms with Crippen LogP contribution in [0.15, 0.2) is 77.8 Å². The number of hydrogen-bond donors (Lipinski definition) is 0. The Labute approximate surface area is 141 Å². The maximum atomic E-state index is 12.8. The zero-order chi connectivity index (χ0) is 17.2. The van der Waals surface area contributed by atoms with E-state index in [9.17, 15) is 13.2 Å². The quantitative estimate of drug-likeness (QED) is 0.669. The van der Waals surface area contributed by atoms with Crippen molar-refractivity contribution in [1.29, 1.82) is 0 Å². The SMILES string of the molecule is Cc1ccc(S(=O)(=O)n2cccc2C(=O)Cc2ccccc2)cc1. The highest BCUT2D eigenvalue weighted by Gasteiger charge is 2.22. The highest BCUT2D eigenvalue weighted by atomic mass is 32.2. The molecule has 1 heterocycles. The third kappa shape index (κ3) is 3.16. The standard InChI is InChI=1S/C19H17NO3S/c1-15-9-11-17(12-10-15)24(22,23)20-13-5-8-18(20)19(21)14-16-6-3-2-4-7-16/h2-13H,14H2,1H3. The first-order valence-corrected chi connectivity index (χ1v) is 8.99. The maximum Gasteiger partial charge on any atom is 0.268 e. The molecule has 0 bridgehead atoms. The molecule has 0 aliphatic heterocycles. The Hall–Kier alpha value is -2.66. The van der Waals surface area contributed by atoms with Crippen LogP contribution in [0.5, 0.6) is 0 Å². The van der Waals surface area contributed by atoms with Gasteiger partial charge in [0.25, 0.3) is 10.0 Å². The number of Topliss-reactive ketones (excluding diaryl/α,β-unsaturated/α-hetero) is 1. The van der Waals surface area contributed by atoms with Crippen molar-refractivity contribution < 1.29 is 13.2 Å². The molecule has 122 valence electrons. The van der Waals surface area contributed by atoms with Crippen LogP contribution >= 0.6 is 0 Å². The topological polar surface area (TPSA) is 56.1 Å². The Morgan fingerprint density at radius 1 is 0.917 bits per heavy atom. The molecule has 0 atom stereocenters. The molecule has 2 aromatic carbocycles. The van der Waals surface area contributed by atoms with E-state index in [2.05, 4.69) is 0 Å². The predicted octanol–water partition coefficient (Wildman–Crippen LogP) is 3.46. The van der Waals surface area contributed by atoms with Gasteiger partial charge in [-0.3, -0.25) is 4.79 Å². The van der Waals surface area contributed by atoms with Crippen molar-refractivity contribution in [2.45, 2.75) is 18.2 Å². The molecule has 5 heteroatoms. The van der Waals surface area contributed by atoms with Crippen LogP contribution in [-0.4, -0.2) is 18.2 Å². The van der Waals surface area contributed by atoms with Crippen molar-refractivity contribution in [1.82, 2.24) is 3.97 Å². The Bertz CT molecular complexity index is 955. The van der Waals surface area contributed by atoms with Crippen LogP contribution in [0, 0.1) is 6.92 Å². The smallest absolute Gasteiger partial charge is 0.268 e. The van der Waals surface area contributed by atoms with E-state index in [4.69, 9.17) is 0 Å². The van der Waals surface area contributed by atoms with Crippen LogP contribution in [0.4, 0.5) is 0 Å². The highest BCUT2D eigenvalue weighted by Crippen LogP contribution is 2.18. The van der Waals surface area contributed by atoms with Crippen molar-refractivity contribution in [3.63, 3.8) is 0 Å². The highest BCUT2D eigenvalue weighted by molar-refractivity contribution is 7.90. The van der Waals surface area contributed by atoms with Gasteiger partial charge in [-0.1, -0.05) is 48.0 Å². The summed E-state index contributed by atoms with van der Waals surface area (Å²) in [7, 11) is -3.78. The molecule has 24 heavy (non-hydrogen) atoms. The maximum absolute atomic E-state index is 12.8. The summed E-state index contributed by atoms with van der Waals surface area (Å²) < 4.78 is 26.6. The second-order valence-electron chi connectivity index (χ2n) is 5.59. The van der Waals surface area contributed by atoms with E-state index in [1.165, 1.54) is 12.3 Å². The lowest BCUT2D eigenvalue weighted by atomic mass is 10.1. The summed E-state index contributed by atoms with van der Waals surface area (Å²) in [6.45, 7) is 1.89. The molecule has 0 saturated carbocycles. The minimum absolute atomic E-state index is 0.161. The van der Waals surface area contributed by atoms with Gasteiger partial charge in [0.2, 0.25) is 0 Å². The summed E-state index contributed by atoms with van der Waals surface area (Å²) in [5, 5.41) is 0. The van der Waals surface area contributed by atoms with E-state index in [0.717, 1.165) is 15.1 Å². The van der Waals surface area contributed by atoms with Gasteiger partial charge in [0, 0.05) is 12.6 Å². The van der Waals surface area contributed by atoms with Crippen LogP contribution < -0.4 is 0 Å². The van der Waals surface area contributed by atoms with Crippen LogP contribution in [0.3, 0.4) is 0 Å². The number of aromatic nitrogens is 1. The van der Waals surface area contributed by atoms with Gasteiger partial charge in [0.1, 0.15) is 5.69 Å². The largest absolute Gasteiger partial charge is 0.292 e. The van der Waals surface area contributed by atoms with Crippen molar-refractivity contribution in [3.8, 4) is 0 Å². The van der Waals surface area contributed by atoms with Crippen LogP contribution in [0.1, 0.15) is 21.6 Å². The van der Waals surface area contributed by atoms with Gasteiger partial charge < -0.3 is 0 Å². The van der Waals surface area contributed by atoms with Gasteiger partial charge in [0.15, 0.2) is 5.78 Å². The number of aryl methyl sites for hydroxylation is 1. The van der Waals surface area contributed by atoms with Crippen molar-refractivity contribution >= 4 is 15.8 Å². The first-order chi connectivity index (χ1) is 11.5. The van der Waals surface area contributed by atoms with Gasteiger partial charge in [-0.15, -0.1) is 0 Å². The number of benzene rings is 2.